The molecule has 3 aromatic heterocycles. The van der Waals surface area contributed by atoms with Gasteiger partial charge in [0.1, 0.15) is 11.3 Å². The Kier molecular flexibility index (Phi) is 9.21. The molecule has 5 aromatic rings. The summed E-state index contributed by atoms with van der Waals surface area (Å²) >= 11 is 0. The Balaban J connectivity index is 1.38. The normalized spacial score (nSPS) is 14.3. The Bertz CT molecular complexity index is 2050. The van der Waals surface area contributed by atoms with Crippen molar-refractivity contribution < 1.29 is 19.1 Å². The fourth-order valence-electron chi connectivity index (χ4n) is 5.84. The summed E-state index contributed by atoms with van der Waals surface area (Å²) < 4.78 is 13.3. The van der Waals surface area contributed by atoms with E-state index in [0.29, 0.717) is 29.0 Å². The summed E-state index contributed by atoms with van der Waals surface area (Å²) in [5.74, 6) is 4.97. The molecule has 0 amide bonds. The summed E-state index contributed by atoms with van der Waals surface area (Å²) in [5.41, 5.74) is 7.01. The van der Waals surface area contributed by atoms with Gasteiger partial charge in [0.2, 0.25) is 0 Å². The molecule has 0 spiro atoms. The number of aromatic nitrogens is 4. The van der Waals surface area contributed by atoms with Crippen LogP contribution >= 0.6 is 0 Å². The summed E-state index contributed by atoms with van der Waals surface area (Å²) in [4.78, 5) is 40.4. The molecule has 1 aliphatic heterocycles. The molecule has 47 heavy (non-hydrogen) atoms. The third-order valence-electron chi connectivity index (χ3n) is 7.89. The number of allylic oxidation sites excluding steroid dienone is 1. The van der Waals surface area contributed by atoms with Crippen molar-refractivity contribution >= 4 is 28.7 Å². The van der Waals surface area contributed by atoms with E-state index in [2.05, 4.69) is 36.7 Å². The number of hydrogen-bond donors (Lipinski definition) is 1. The maximum Gasteiger partial charge on any atom is 0.337 e. The van der Waals surface area contributed by atoms with Gasteiger partial charge in [0.05, 0.1) is 35.2 Å². The molecular weight excluding hydrogens is 590 g/mol. The first-order chi connectivity index (χ1) is 22.9. The zero-order chi connectivity index (χ0) is 32.8. The van der Waals surface area contributed by atoms with Crippen LogP contribution in [0.3, 0.4) is 0 Å². The van der Waals surface area contributed by atoms with Crippen molar-refractivity contribution in [2.24, 2.45) is 5.92 Å². The smallest absolute Gasteiger partial charge is 0.337 e. The van der Waals surface area contributed by atoms with E-state index < -0.39 is 17.9 Å². The third-order valence-corrected chi connectivity index (χ3v) is 7.89. The molecule has 1 unspecified atom stereocenters. The van der Waals surface area contributed by atoms with Gasteiger partial charge >= 0.3 is 11.9 Å². The predicted octanol–water partition coefficient (Wildman–Crippen LogP) is 5.73. The van der Waals surface area contributed by atoms with Crippen LogP contribution < -0.4 is 5.32 Å². The molecule has 9 heteroatoms. The van der Waals surface area contributed by atoms with Crippen LogP contribution in [0.5, 0.6) is 0 Å². The number of nitrogens with zero attached hydrogens (tertiary/aromatic N) is 4. The van der Waals surface area contributed by atoms with Gasteiger partial charge in [-0.25, -0.2) is 14.6 Å². The zero-order valence-electron chi connectivity index (χ0n) is 26.4. The molecule has 0 saturated carbocycles. The van der Waals surface area contributed by atoms with Gasteiger partial charge in [0, 0.05) is 41.5 Å². The summed E-state index contributed by atoms with van der Waals surface area (Å²) in [6.45, 7) is 5.60. The Labute approximate surface area is 273 Å². The number of ether oxygens (including phenoxy) is 2. The van der Waals surface area contributed by atoms with E-state index in [1.807, 2.05) is 80.6 Å². The van der Waals surface area contributed by atoms with Crippen LogP contribution in [0.25, 0.3) is 22.4 Å². The molecule has 0 aliphatic carbocycles. The molecule has 234 valence electrons. The minimum atomic E-state index is -0.640. The van der Waals surface area contributed by atoms with Crippen molar-refractivity contribution in [3.63, 3.8) is 0 Å². The third kappa shape index (κ3) is 6.67. The number of carbonyl (C=O) groups excluding carboxylic acids is 2. The van der Waals surface area contributed by atoms with E-state index in [1.165, 1.54) is 0 Å². The molecule has 9 nitrogen and oxygen atoms in total. The minimum Gasteiger partial charge on any atom is -0.463 e. The zero-order valence-corrected chi connectivity index (χ0v) is 26.4. The molecule has 4 heterocycles. The number of esters is 2. The number of pyridine rings is 2. The Morgan fingerprint density at radius 2 is 1.64 bits per heavy atom. The lowest BCUT2D eigenvalue weighted by molar-refractivity contribution is -0.139. The average Bonchev–Trinajstić information content (AvgIpc) is 3.43. The Morgan fingerprint density at radius 1 is 0.872 bits per heavy atom. The van der Waals surface area contributed by atoms with Crippen molar-refractivity contribution in [3.8, 4) is 17.5 Å². The van der Waals surface area contributed by atoms with E-state index >= 15 is 0 Å². The second kappa shape index (κ2) is 14.0. The monoisotopic (exact) mass is 623 g/mol. The second-order valence-corrected chi connectivity index (χ2v) is 10.9. The molecule has 1 atom stereocenters. The Hall–Kier alpha value is -6.01. The lowest BCUT2D eigenvalue weighted by Gasteiger charge is -2.31. The molecule has 6 rings (SSSR count). The lowest BCUT2D eigenvalue weighted by atomic mass is 9.80. The van der Waals surface area contributed by atoms with E-state index in [-0.39, 0.29) is 13.2 Å². The maximum absolute atomic E-state index is 13.8. The van der Waals surface area contributed by atoms with Gasteiger partial charge in [0.15, 0.2) is 6.61 Å². The minimum absolute atomic E-state index is 0.117. The van der Waals surface area contributed by atoms with Gasteiger partial charge in [-0.3, -0.25) is 14.5 Å². The molecule has 1 aliphatic rings. The number of imidazole rings is 1. The standard InChI is InChI=1S/C38H33N5O4/c1-4-46-38(45)35-31(22-27-10-6-5-7-11-27)34(37(44)47-21-9-13-28-12-8-19-39-23-28)25(2)41-36(35)29-14-16-30(17-15-29)43-26(3)42-32-24-40-20-18-33(32)43/h5-8,10-12,14-20,23-24,31,41H,4,21-22H2,1-3H3. The topological polar surface area (TPSA) is 108 Å². The van der Waals surface area contributed by atoms with Crippen molar-refractivity contribution in [2.75, 3.05) is 13.2 Å². The first kappa shape index (κ1) is 31.0. The highest BCUT2D eigenvalue weighted by Crippen LogP contribution is 2.38. The largest absolute Gasteiger partial charge is 0.463 e. The lowest BCUT2D eigenvalue weighted by Crippen LogP contribution is -2.35. The Morgan fingerprint density at radius 3 is 2.38 bits per heavy atom. The molecular formula is C38H33N5O4. The van der Waals surface area contributed by atoms with E-state index in [0.717, 1.165) is 39.2 Å². The van der Waals surface area contributed by atoms with Crippen molar-refractivity contribution in [3.05, 3.63) is 137 Å². The van der Waals surface area contributed by atoms with Crippen LogP contribution in [0.2, 0.25) is 0 Å². The van der Waals surface area contributed by atoms with E-state index in [4.69, 9.17) is 9.47 Å². The van der Waals surface area contributed by atoms with Gasteiger partial charge in [-0.05, 0) is 68.7 Å². The summed E-state index contributed by atoms with van der Waals surface area (Å²) in [6, 6.07) is 23.2. The van der Waals surface area contributed by atoms with Crippen LogP contribution in [0.1, 0.15) is 36.4 Å². The number of aryl methyl sites for hydroxylation is 1. The van der Waals surface area contributed by atoms with Crippen LogP contribution in [0.4, 0.5) is 0 Å². The highest BCUT2D eigenvalue weighted by atomic mass is 16.5. The first-order valence-corrected chi connectivity index (χ1v) is 15.3. The molecule has 1 N–H and O–H groups in total. The first-order valence-electron chi connectivity index (χ1n) is 15.3. The quantitative estimate of drug-likeness (QED) is 0.173. The summed E-state index contributed by atoms with van der Waals surface area (Å²) in [5, 5.41) is 3.37. The van der Waals surface area contributed by atoms with Crippen molar-refractivity contribution in [1.82, 2.24) is 24.8 Å². The van der Waals surface area contributed by atoms with Crippen LogP contribution in [-0.4, -0.2) is 44.7 Å². The molecule has 0 fully saturated rings. The number of benzene rings is 2. The fraction of sp³-hybridized carbons (Fsp3) is 0.184. The molecule has 2 aromatic carbocycles. The van der Waals surface area contributed by atoms with Crippen LogP contribution in [0.15, 0.2) is 114 Å². The van der Waals surface area contributed by atoms with Gasteiger partial charge in [0.25, 0.3) is 0 Å². The molecule has 0 saturated heterocycles. The number of dihydropyridines is 1. The molecule has 0 radical (unpaired) electrons. The number of nitrogens with one attached hydrogen (secondary N) is 1. The van der Waals surface area contributed by atoms with Crippen LogP contribution in [0, 0.1) is 24.7 Å². The fourth-order valence-corrected chi connectivity index (χ4v) is 5.84. The van der Waals surface area contributed by atoms with Gasteiger partial charge in [-0.1, -0.05) is 54.3 Å². The van der Waals surface area contributed by atoms with Crippen molar-refractivity contribution in [2.45, 2.75) is 27.2 Å². The summed E-state index contributed by atoms with van der Waals surface area (Å²) in [6.07, 6.45) is 7.18. The maximum atomic E-state index is 13.8. The summed E-state index contributed by atoms with van der Waals surface area (Å²) in [7, 11) is 0. The highest BCUT2D eigenvalue weighted by Gasteiger charge is 2.38. The van der Waals surface area contributed by atoms with E-state index in [9.17, 15) is 9.59 Å². The van der Waals surface area contributed by atoms with Crippen molar-refractivity contribution in [1.29, 1.82) is 0 Å². The highest BCUT2D eigenvalue weighted by molar-refractivity contribution is 6.03. The second-order valence-electron chi connectivity index (χ2n) is 10.9. The van der Waals surface area contributed by atoms with Gasteiger partial charge < -0.3 is 14.8 Å². The number of hydrogen-bond acceptors (Lipinski definition) is 8. The number of carbonyl (C=O) groups is 2. The predicted molar refractivity (Wildman–Crippen MR) is 179 cm³/mol. The number of fused-ring (bicyclic) bond motifs is 1. The molecule has 0 bridgehead atoms. The van der Waals surface area contributed by atoms with Gasteiger partial charge in [-0.15, -0.1) is 0 Å². The average molecular weight is 624 g/mol. The van der Waals surface area contributed by atoms with Gasteiger partial charge in [-0.2, -0.15) is 0 Å². The van der Waals surface area contributed by atoms with E-state index in [1.54, 1.807) is 37.8 Å². The van der Waals surface area contributed by atoms with Crippen LogP contribution in [-0.2, 0) is 25.5 Å². The number of rotatable bonds is 8. The SMILES string of the molecule is CCOC(=O)C1=C(c2ccc(-n3c(C)nc4cnccc43)cc2)NC(C)=C(C(=O)OCC#Cc2cccnc2)C1Cc1ccccc1.